The molecule has 23 heavy (non-hydrogen) atoms. The lowest BCUT2D eigenvalue weighted by Gasteiger charge is -1.95. The van der Waals surface area contributed by atoms with E-state index in [4.69, 9.17) is 8.97 Å². The summed E-state index contributed by atoms with van der Waals surface area (Å²) >= 11 is 4.13. The van der Waals surface area contributed by atoms with Gasteiger partial charge in [-0.15, -0.1) is 12.6 Å². The highest BCUT2D eigenvalue weighted by atomic mass is 32.2. The number of hydrogen-bond acceptors (Lipinski definition) is 5. The number of aryl methyl sites for hydroxylation is 1. The molecule has 0 spiro atoms. The molecule has 2 aromatic carbocycles. The fourth-order valence-corrected chi connectivity index (χ4v) is 2.43. The van der Waals surface area contributed by atoms with Gasteiger partial charge in [0.15, 0.2) is 0 Å². The summed E-state index contributed by atoms with van der Waals surface area (Å²) in [5.74, 6) is 0. The molecule has 3 aromatic rings. The van der Waals surface area contributed by atoms with Gasteiger partial charge in [0.25, 0.3) is 10.1 Å². The molecule has 1 N–H and O–H groups in total. The van der Waals surface area contributed by atoms with Gasteiger partial charge in [0.05, 0.1) is 4.90 Å². The van der Waals surface area contributed by atoms with E-state index >= 15 is 0 Å². The Bertz CT molecular complexity index is 973. The third-order valence-electron chi connectivity index (χ3n) is 2.93. The molecule has 0 unspecified atom stereocenters. The van der Waals surface area contributed by atoms with Gasteiger partial charge in [0.2, 0.25) is 0 Å². The van der Waals surface area contributed by atoms with Crippen LogP contribution in [0.15, 0.2) is 73.6 Å². The van der Waals surface area contributed by atoms with Crippen molar-refractivity contribution in [2.45, 2.75) is 16.7 Å². The maximum Gasteiger partial charge on any atom is 0.336 e. The van der Waals surface area contributed by atoms with Crippen molar-refractivity contribution in [3.8, 4) is 0 Å². The first-order valence-corrected chi connectivity index (χ1v) is 8.41. The van der Waals surface area contributed by atoms with Gasteiger partial charge in [0, 0.05) is 16.3 Å². The Labute approximate surface area is 138 Å². The summed E-state index contributed by atoms with van der Waals surface area (Å²) in [6.07, 6.45) is 0. The summed E-state index contributed by atoms with van der Waals surface area (Å²) < 4.78 is 34.5. The second-order valence-electron chi connectivity index (χ2n) is 4.76. The van der Waals surface area contributed by atoms with Gasteiger partial charge >= 0.3 is 5.63 Å². The van der Waals surface area contributed by atoms with Crippen molar-refractivity contribution in [3.05, 3.63) is 70.6 Å². The summed E-state index contributed by atoms with van der Waals surface area (Å²) in [5, 5.41) is 0.910. The van der Waals surface area contributed by atoms with Gasteiger partial charge < -0.3 is 4.42 Å². The summed E-state index contributed by atoms with van der Waals surface area (Å²) in [7, 11) is -4.02. The van der Waals surface area contributed by atoms with Crippen molar-refractivity contribution in [1.82, 2.24) is 0 Å². The minimum Gasteiger partial charge on any atom is -0.423 e. The van der Waals surface area contributed by atoms with Crippen molar-refractivity contribution < 1.29 is 17.4 Å². The van der Waals surface area contributed by atoms with E-state index in [1.165, 1.54) is 18.2 Å². The molecule has 3 rings (SSSR count). The lowest BCUT2D eigenvalue weighted by Crippen LogP contribution is -1.96. The molecule has 120 valence electrons. The molecular formula is C16H14O5S2. The predicted octanol–water partition coefficient (Wildman–Crippen LogP) is 3.32. The molecule has 0 amide bonds. The van der Waals surface area contributed by atoms with Gasteiger partial charge in [-0.3, -0.25) is 4.55 Å². The van der Waals surface area contributed by atoms with E-state index in [0.29, 0.717) is 5.58 Å². The Kier molecular flexibility index (Phi) is 5.25. The maximum atomic E-state index is 10.8. The first-order valence-electron chi connectivity index (χ1n) is 6.53. The second-order valence-corrected chi connectivity index (χ2v) is 6.70. The van der Waals surface area contributed by atoms with E-state index in [1.807, 2.05) is 19.1 Å². The highest BCUT2D eigenvalue weighted by Crippen LogP contribution is 2.15. The first kappa shape index (κ1) is 17.3. The lowest BCUT2D eigenvalue weighted by atomic mass is 10.2. The van der Waals surface area contributed by atoms with Crippen LogP contribution in [0.1, 0.15) is 5.56 Å². The molecule has 0 aliphatic heterocycles. The fraction of sp³-hybridized carbons (Fsp3) is 0.0625. The van der Waals surface area contributed by atoms with Crippen LogP contribution in [0.4, 0.5) is 0 Å². The Hall–Kier alpha value is -2.09. The Morgan fingerprint density at radius 1 is 1.00 bits per heavy atom. The quantitative estimate of drug-likeness (QED) is 0.399. The molecule has 0 aliphatic rings. The summed E-state index contributed by atoms with van der Waals surface area (Å²) in [5.41, 5.74) is 1.20. The average molecular weight is 350 g/mol. The average Bonchev–Trinajstić information content (AvgIpc) is 2.47. The highest BCUT2D eigenvalue weighted by Gasteiger charge is 2.06. The van der Waals surface area contributed by atoms with Crippen LogP contribution in [-0.4, -0.2) is 13.0 Å². The van der Waals surface area contributed by atoms with Crippen molar-refractivity contribution in [1.29, 1.82) is 0 Å². The largest absolute Gasteiger partial charge is 0.423 e. The van der Waals surface area contributed by atoms with Crippen LogP contribution in [0.5, 0.6) is 0 Å². The van der Waals surface area contributed by atoms with E-state index in [-0.39, 0.29) is 10.5 Å². The molecule has 7 heteroatoms. The summed E-state index contributed by atoms with van der Waals surface area (Å²) in [4.78, 5) is 11.5. The molecule has 0 aliphatic carbocycles. The zero-order valence-electron chi connectivity index (χ0n) is 12.1. The molecule has 0 bridgehead atoms. The highest BCUT2D eigenvalue weighted by molar-refractivity contribution is 7.85. The number of rotatable bonds is 1. The van der Waals surface area contributed by atoms with Crippen LogP contribution in [0, 0.1) is 6.92 Å². The van der Waals surface area contributed by atoms with Crippen molar-refractivity contribution in [2.24, 2.45) is 0 Å². The molecule has 0 saturated heterocycles. The van der Waals surface area contributed by atoms with E-state index in [9.17, 15) is 13.2 Å². The van der Waals surface area contributed by atoms with Crippen LogP contribution < -0.4 is 5.63 Å². The Morgan fingerprint density at radius 3 is 2.22 bits per heavy atom. The van der Waals surface area contributed by atoms with Gasteiger partial charge in [-0.25, -0.2) is 4.79 Å². The third-order valence-corrected chi connectivity index (χ3v) is 4.07. The maximum absolute atomic E-state index is 10.8. The monoisotopic (exact) mass is 350 g/mol. The van der Waals surface area contributed by atoms with Crippen LogP contribution in [-0.2, 0) is 10.1 Å². The fourth-order valence-electron chi connectivity index (χ4n) is 1.76. The van der Waals surface area contributed by atoms with Crippen molar-refractivity contribution >= 4 is 33.7 Å². The lowest BCUT2D eigenvalue weighted by molar-refractivity contribution is 0.483. The SMILES string of the molecule is Cc1ccc(S(=O)(=O)O)cc1.O=c1ccc2ccc(S)cc2o1. The molecule has 0 fully saturated rings. The minimum atomic E-state index is -4.02. The molecule has 0 saturated carbocycles. The van der Waals surface area contributed by atoms with Crippen LogP contribution in [0.25, 0.3) is 11.0 Å². The number of thiol groups is 1. The Balaban J connectivity index is 0.000000168. The van der Waals surface area contributed by atoms with Gasteiger partial charge in [0.1, 0.15) is 5.58 Å². The minimum absolute atomic E-state index is 0.0666. The standard InChI is InChI=1S/C9H6O2S.C7H8O3S/c10-9-4-2-6-1-3-7(12)5-8(6)11-9;1-6-2-4-7(5-3-6)11(8,9)10/h1-5,12H;2-5H,1H3,(H,8,9,10). The van der Waals surface area contributed by atoms with E-state index in [2.05, 4.69) is 12.6 Å². The number of hydrogen-bond donors (Lipinski definition) is 2. The third kappa shape index (κ3) is 4.95. The number of benzene rings is 2. The van der Waals surface area contributed by atoms with Crippen LogP contribution >= 0.6 is 12.6 Å². The van der Waals surface area contributed by atoms with E-state index in [1.54, 1.807) is 24.3 Å². The normalized spacial score (nSPS) is 10.9. The second kappa shape index (κ2) is 6.99. The van der Waals surface area contributed by atoms with Gasteiger partial charge in [-0.1, -0.05) is 23.8 Å². The van der Waals surface area contributed by atoms with Crippen molar-refractivity contribution in [3.63, 3.8) is 0 Å². The first-order chi connectivity index (χ1) is 10.8. The van der Waals surface area contributed by atoms with Crippen LogP contribution in [0.3, 0.4) is 0 Å². The zero-order chi connectivity index (χ0) is 17.0. The van der Waals surface area contributed by atoms with Gasteiger partial charge in [-0.2, -0.15) is 8.42 Å². The zero-order valence-corrected chi connectivity index (χ0v) is 13.8. The molecule has 0 atom stereocenters. The van der Waals surface area contributed by atoms with Crippen molar-refractivity contribution in [2.75, 3.05) is 0 Å². The van der Waals surface area contributed by atoms with Gasteiger partial charge in [-0.05, 0) is 37.3 Å². The summed E-state index contributed by atoms with van der Waals surface area (Å²) in [6.45, 7) is 1.84. The van der Waals surface area contributed by atoms with E-state index < -0.39 is 10.1 Å². The number of fused-ring (bicyclic) bond motifs is 1. The summed E-state index contributed by atoms with van der Waals surface area (Å²) in [6, 6.07) is 14.6. The Morgan fingerprint density at radius 2 is 1.61 bits per heavy atom. The molecule has 0 radical (unpaired) electrons. The molecule has 1 aromatic heterocycles. The van der Waals surface area contributed by atoms with E-state index in [0.717, 1.165) is 15.8 Å². The van der Waals surface area contributed by atoms with Crippen LogP contribution in [0.2, 0.25) is 0 Å². The molecule has 1 heterocycles. The smallest absolute Gasteiger partial charge is 0.336 e. The predicted molar refractivity (Wildman–Crippen MR) is 90.7 cm³/mol. The molecular weight excluding hydrogens is 336 g/mol. The topological polar surface area (TPSA) is 84.6 Å². The molecule has 5 nitrogen and oxygen atoms in total.